The van der Waals surface area contributed by atoms with E-state index in [0.29, 0.717) is 10.6 Å². The van der Waals surface area contributed by atoms with E-state index in [-0.39, 0.29) is 17.4 Å². The largest absolute Gasteiger partial charge is 0.305 e. The van der Waals surface area contributed by atoms with Crippen molar-refractivity contribution in [1.82, 2.24) is 4.57 Å². The molecule has 0 aliphatic heterocycles. The summed E-state index contributed by atoms with van der Waals surface area (Å²) in [6, 6.07) is 8.52. The number of rotatable bonds is 3. The van der Waals surface area contributed by atoms with E-state index < -0.39 is 5.56 Å². The maximum absolute atomic E-state index is 12.1. The maximum Gasteiger partial charge on any atom is 0.269 e. The molecule has 0 aliphatic carbocycles. The monoisotopic (exact) mass is 295 g/mol. The summed E-state index contributed by atoms with van der Waals surface area (Å²) >= 11 is 11.6. The first-order valence-electron chi connectivity index (χ1n) is 5.63. The number of hydrogen-bond donors (Lipinski definition) is 0. The zero-order valence-electron chi connectivity index (χ0n) is 10.2. The molecule has 1 heterocycles. The molecule has 0 unspecified atom stereocenters. The molecule has 0 aliphatic rings. The lowest BCUT2D eigenvalue weighted by molar-refractivity contribution is 0.0971. The summed E-state index contributed by atoms with van der Waals surface area (Å²) in [5.41, 5.74) is 1.19. The van der Waals surface area contributed by atoms with E-state index in [0.717, 1.165) is 5.56 Å². The molecule has 0 bridgehead atoms. The average Bonchev–Trinajstić information content (AvgIpc) is 2.36. The molecule has 98 valence electrons. The van der Waals surface area contributed by atoms with Crippen LogP contribution in [-0.2, 0) is 6.54 Å². The van der Waals surface area contributed by atoms with E-state index in [1.54, 1.807) is 12.1 Å². The zero-order chi connectivity index (χ0) is 14.0. The third-order valence-electron chi connectivity index (χ3n) is 2.70. The fourth-order valence-electron chi connectivity index (χ4n) is 1.67. The summed E-state index contributed by atoms with van der Waals surface area (Å²) < 4.78 is 1.22. The molecule has 0 saturated heterocycles. The molecule has 0 saturated carbocycles. The number of Topliss-reactive ketones (excluding diaryl/α,β-unsaturated/α-hetero) is 1. The molecular weight excluding hydrogens is 285 g/mol. The second-order valence-electron chi connectivity index (χ2n) is 4.23. The van der Waals surface area contributed by atoms with E-state index in [2.05, 4.69) is 0 Å². The molecule has 5 heteroatoms. The van der Waals surface area contributed by atoms with E-state index >= 15 is 0 Å². The van der Waals surface area contributed by atoms with E-state index in [1.807, 2.05) is 19.1 Å². The van der Waals surface area contributed by atoms with Crippen LogP contribution in [0.3, 0.4) is 0 Å². The minimum Gasteiger partial charge on any atom is -0.305 e. The molecule has 1 aromatic carbocycles. The fourth-order valence-corrected chi connectivity index (χ4v) is 2.18. The predicted molar refractivity (Wildman–Crippen MR) is 76.2 cm³/mol. The van der Waals surface area contributed by atoms with E-state index in [9.17, 15) is 9.59 Å². The van der Waals surface area contributed by atoms with Gasteiger partial charge in [-0.25, -0.2) is 0 Å². The van der Waals surface area contributed by atoms with Crippen LogP contribution in [0.25, 0.3) is 0 Å². The second kappa shape index (κ2) is 5.59. The first-order chi connectivity index (χ1) is 8.97. The van der Waals surface area contributed by atoms with Crippen molar-refractivity contribution < 1.29 is 4.79 Å². The highest BCUT2D eigenvalue weighted by Crippen LogP contribution is 2.12. The van der Waals surface area contributed by atoms with Gasteiger partial charge in [-0.05, 0) is 13.0 Å². The van der Waals surface area contributed by atoms with Gasteiger partial charge in [0, 0.05) is 11.8 Å². The minimum atomic E-state index is -0.425. The molecule has 0 N–H and O–H groups in total. The van der Waals surface area contributed by atoms with Crippen molar-refractivity contribution in [1.29, 1.82) is 0 Å². The first-order valence-corrected chi connectivity index (χ1v) is 6.38. The molecule has 0 fully saturated rings. The molecule has 0 radical (unpaired) electrons. The summed E-state index contributed by atoms with van der Waals surface area (Å²) in [6.07, 6.45) is 1.40. The van der Waals surface area contributed by atoms with Crippen LogP contribution in [0.15, 0.2) is 41.3 Å². The van der Waals surface area contributed by atoms with Crippen LogP contribution < -0.4 is 5.56 Å². The van der Waals surface area contributed by atoms with Gasteiger partial charge in [-0.15, -0.1) is 0 Å². The number of benzene rings is 1. The van der Waals surface area contributed by atoms with Crippen LogP contribution >= 0.6 is 23.2 Å². The second-order valence-corrected chi connectivity index (χ2v) is 5.07. The minimum absolute atomic E-state index is 0.00389. The third-order valence-corrected chi connectivity index (χ3v) is 3.17. The molecule has 2 rings (SSSR count). The number of carbonyl (C=O) groups excluding carboxylic acids is 1. The van der Waals surface area contributed by atoms with E-state index in [1.165, 1.54) is 16.8 Å². The van der Waals surface area contributed by atoms with Crippen LogP contribution in [0.4, 0.5) is 0 Å². The summed E-state index contributed by atoms with van der Waals surface area (Å²) in [5.74, 6) is -0.166. The highest BCUT2D eigenvalue weighted by Gasteiger charge is 2.10. The molecule has 3 nitrogen and oxygen atoms in total. The van der Waals surface area contributed by atoms with Crippen LogP contribution in [0.1, 0.15) is 15.9 Å². The van der Waals surface area contributed by atoms with Gasteiger partial charge in [-0.2, -0.15) is 0 Å². The molecule has 19 heavy (non-hydrogen) atoms. The lowest BCUT2D eigenvalue weighted by Crippen LogP contribution is -2.24. The Hall–Kier alpha value is -1.58. The number of aromatic nitrogens is 1. The smallest absolute Gasteiger partial charge is 0.269 e. The molecule has 0 atom stereocenters. The number of aryl methyl sites for hydroxylation is 1. The van der Waals surface area contributed by atoms with Crippen molar-refractivity contribution in [3.63, 3.8) is 0 Å². The van der Waals surface area contributed by atoms with Crippen LogP contribution in [-0.4, -0.2) is 10.4 Å². The Morgan fingerprint density at radius 2 is 1.84 bits per heavy atom. The molecule has 0 amide bonds. The number of ketones is 1. The van der Waals surface area contributed by atoms with Gasteiger partial charge in [0.05, 0.1) is 11.6 Å². The Morgan fingerprint density at radius 1 is 1.21 bits per heavy atom. The van der Waals surface area contributed by atoms with Crippen molar-refractivity contribution in [3.05, 3.63) is 68.1 Å². The van der Waals surface area contributed by atoms with E-state index in [4.69, 9.17) is 23.2 Å². The van der Waals surface area contributed by atoms with Crippen molar-refractivity contribution >= 4 is 29.0 Å². The van der Waals surface area contributed by atoms with Gasteiger partial charge in [0.25, 0.3) is 5.56 Å². The summed E-state index contributed by atoms with van der Waals surface area (Å²) in [6.45, 7) is 1.86. The highest BCUT2D eigenvalue weighted by molar-refractivity contribution is 6.34. The number of halogens is 2. The summed E-state index contributed by atoms with van der Waals surface area (Å²) in [5, 5.41) is 0.325. The molecule has 1 aromatic heterocycles. The number of nitrogens with zero attached hydrogens (tertiary/aromatic N) is 1. The quantitative estimate of drug-likeness (QED) is 0.815. The lowest BCUT2D eigenvalue weighted by atomic mass is 10.1. The first kappa shape index (κ1) is 13.8. The topological polar surface area (TPSA) is 39.1 Å². The lowest BCUT2D eigenvalue weighted by Gasteiger charge is -2.06. The van der Waals surface area contributed by atoms with Crippen LogP contribution in [0.5, 0.6) is 0 Å². The third kappa shape index (κ3) is 3.25. The molecule has 2 aromatic rings. The highest BCUT2D eigenvalue weighted by atomic mass is 35.5. The average molecular weight is 296 g/mol. The van der Waals surface area contributed by atoms with Crippen molar-refractivity contribution in [2.45, 2.75) is 13.5 Å². The number of pyridine rings is 1. The predicted octanol–water partition coefficient (Wildman–Crippen LogP) is 3.35. The normalized spacial score (nSPS) is 10.5. The van der Waals surface area contributed by atoms with Gasteiger partial charge in [0.15, 0.2) is 5.78 Å². The summed E-state index contributed by atoms with van der Waals surface area (Å²) in [4.78, 5) is 23.8. The summed E-state index contributed by atoms with van der Waals surface area (Å²) in [7, 11) is 0. The van der Waals surface area contributed by atoms with Crippen molar-refractivity contribution in [2.24, 2.45) is 0 Å². The van der Waals surface area contributed by atoms with Gasteiger partial charge in [-0.3, -0.25) is 9.59 Å². The Morgan fingerprint density at radius 3 is 2.47 bits per heavy atom. The standard InChI is InChI=1S/C14H11Cl2NO2/c1-9-2-4-10(5-3-9)13(18)8-17-7-11(15)6-12(16)14(17)19/h2-7H,8H2,1H3. The van der Waals surface area contributed by atoms with Gasteiger partial charge in [0.2, 0.25) is 0 Å². The van der Waals surface area contributed by atoms with Gasteiger partial charge < -0.3 is 4.57 Å². The Bertz CT molecular complexity index is 675. The van der Waals surface area contributed by atoms with Crippen LogP contribution in [0.2, 0.25) is 10.0 Å². The SMILES string of the molecule is Cc1ccc(C(=O)Cn2cc(Cl)cc(Cl)c2=O)cc1. The molecular formula is C14H11Cl2NO2. The van der Waals surface area contributed by atoms with Crippen molar-refractivity contribution in [3.8, 4) is 0 Å². The van der Waals surface area contributed by atoms with Gasteiger partial charge in [-0.1, -0.05) is 53.0 Å². The Kier molecular flexibility index (Phi) is 4.08. The van der Waals surface area contributed by atoms with Gasteiger partial charge >= 0.3 is 0 Å². The fraction of sp³-hybridized carbons (Fsp3) is 0.143. The number of carbonyl (C=O) groups is 1. The Labute approximate surface area is 120 Å². The Balaban J connectivity index is 2.29. The number of hydrogen-bond acceptors (Lipinski definition) is 2. The molecule has 0 spiro atoms. The van der Waals surface area contributed by atoms with Gasteiger partial charge in [0.1, 0.15) is 5.02 Å². The van der Waals surface area contributed by atoms with Crippen LogP contribution in [0, 0.1) is 6.92 Å². The zero-order valence-corrected chi connectivity index (χ0v) is 11.7. The van der Waals surface area contributed by atoms with Crippen molar-refractivity contribution in [2.75, 3.05) is 0 Å². The maximum atomic E-state index is 12.1.